The molecule has 0 bridgehead atoms. The number of hydrogen-bond acceptors (Lipinski definition) is 2. The van der Waals surface area contributed by atoms with Crippen molar-refractivity contribution >= 4 is 17.0 Å². The molecule has 2 nitrogen and oxygen atoms in total. The second-order valence-electron chi connectivity index (χ2n) is 2.97. The summed E-state index contributed by atoms with van der Waals surface area (Å²) in [6.45, 7) is 2.73. The summed E-state index contributed by atoms with van der Waals surface area (Å²) in [6, 6.07) is 10.3. The number of benzene rings is 1. The standard InChI is InChI=1S/C10H13NO.BrH/c1-2-4-9(5-3-1)10-8-11-6-7-12-10;/h1-5,10-11H,6-8H2;1H. The zero-order chi connectivity index (χ0) is 8.23. The molecule has 1 aliphatic rings. The Morgan fingerprint density at radius 1 is 1.23 bits per heavy atom. The molecule has 1 heterocycles. The monoisotopic (exact) mass is 243 g/mol. The number of hydrogen-bond donors (Lipinski definition) is 1. The van der Waals surface area contributed by atoms with Crippen LogP contribution in [0.1, 0.15) is 11.7 Å². The van der Waals surface area contributed by atoms with Gasteiger partial charge in [-0.3, -0.25) is 0 Å². The lowest BCUT2D eigenvalue weighted by molar-refractivity contribution is 0.0277. The number of nitrogens with one attached hydrogen (secondary N) is 1. The zero-order valence-corrected chi connectivity index (χ0v) is 9.11. The molecule has 0 aliphatic carbocycles. The largest absolute Gasteiger partial charge is 0.371 e. The first-order valence-electron chi connectivity index (χ1n) is 4.34. The molecule has 3 heteroatoms. The van der Waals surface area contributed by atoms with Gasteiger partial charge in [0.05, 0.1) is 12.7 Å². The Hall–Kier alpha value is -0.380. The average Bonchev–Trinajstić information content (AvgIpc) is 2.21. The van der Waals surface area contributed by atoms with Gasteiger partial charge in [0.2, 0.25) is 0 Å². The van der Waals surface area contributed by atoms with Gasteiger partial charge in [-0.05, 0) is 5.56 Å². The molecule has 0 radical (unpaired) electrons. The van der Waals surface area contributed by atoms with E-state index in [2.05, 4.69) is 17.4 Å². The Bertz CT molecular complexity index is 234. The van der Waals surface area contributed by atoms with E-state index in [4.69, 9.17) is 4.74 Å². The summed E-state index contributed by atoms with van der Waals surface area (Å²) in [7, 11) is 0. The van der Waals surface area contributed by atoms with Crippen molar-refractivity contribution in [3.63, 3.8) is 0 Å². The van der Waals surface area contributed by atoms with Crippen LogP contribution in [0.4, 0.5) is 0 Å². The number of ether oxygens (including phenoxy) is 1. The van der Waals surface area contributed by atoms with Crippen LogP contribution in [0.25, 0.3) is 0 Å². The first-order chi connectivity index (χ1) is 5.97. The first kappa shape index (κ1) is 10.7. The zero-order valence-electron chi connectivity index (χ0n) is 7.40. The van der Waals surface area contributed by atoms with Crippen molar-refractivity contribution in [2.45, 2.75) is 6.10 Å². The number of morpholine rings is 1. The molecule has 0 amide bonds. The lowest BCUT2D eigenvalue weighted by atomic mass is 10.1. The molecule has 1 fully saturated rings. The molecule has 1 aliphatic heterocycles. The third-order valence-corrected chi connectivity index (χ3v) is 2.10. The number of halogens is 1. The minimum Gasteiger partial charge on any atom is -0.371 e. The van der Waals surface area contributed by atoms with Crippen molar-refractivity contribution in [2.24, 2.45) is 0 Å². The van der Waals surface area contributed by atoms with Crippen LogP contribution in [-0.4, -0.2) is 19.7 Å². The van der Waals surface area contributed by atoms with E-state index in [1.54, 1.807) is 0 Å². The lowest BCUT2D eigenvalue weighted by Crippen LogP contribution is -2.33. The summed E-state index contributed by atoms with van der Waals surface area (Å²) in [5.74, 6) is 0. The van der Waals surface area contributed by atoms with Gasteiger partial charge in [-0.2, -0.15) is 0 Å². The molecule has 1 unspecified atom stereocenters. The van der Waals surface area contributed by atoms with Crippen molar-refractivity contribution in [1.29, 1.82) is 0 Å². The van der Waals surface area contributed by atoms with Gasteiger partial charge in [-0.15, -0.1) is 17.0 Å². The second-order valence-corrected chi connectivity index (χ2v) is 2.97. The fourth-order valence-corrected chi connectivity index (χ4v) is 1.45. The molecule has 1 saturated heterocycles. The second kappa shape index (κ2) is 5.37. The van der Waals surface area contributed by atoms with Crippen LogP contribution in [0.2, 0.25) is 0 Å². The van der Waals surface area contributed by atoms with E-state index >= 15 is 0 Å². The smallest absolute Gasteiger partial charge is 0.0949 e. The van der Waals surface area contributed by atoms with Gasteiger partial charge in [0.15, 0.2) is 0 Å². The predicted octanol–water partition coefficient (Wildman–Crippen LogP) is 1.93. The van der Waals surface area contributed by atoms with E-state index in [-0.39, 0.29) is 23.1 Å². The highest BCUT2D eigenvalue weighted by Gasteiger charge is 2.14. The van der Waals surface area contributed by atoms with Gasteiger partial charge in [0.25, 0.3) is 0 Å². The molecule has 2 rings (SSSR count). The SMILES string of the molecule is Br.c1ccc(C2CNCCO2)cc1. The van der Waals surface area contributed by atoms with E-state index in [0.29, 0.717) is 0 Å². The van der Waals surface area contributed by atoms with Gasteiger partial charge in [0.1, 0.15) is 0 Å². The van der Waals surface area contributed by atoms with E-state index < -0.39 is 0 Å². The van der Waals surface area contributed by atoms with Gasteiger partial charge >= 0.3 is 0 Å². The Balaban J connectivity index is 0.000000845. The van der Waals surface area contributed by atoms with E-state index in [0.717, 1.165) is 19.7 Å². The average molecular weight is 244 g/mol. The maximum Gasteiger partial charge on any atom is 0.0949 e. The minimum absolute atomic E-state index is 0. The summed E-state index contributed by atoms with van der Waals surface area (Å²) < 4.78 is 5.60. The molecule has 72 valence electrons. The van der Waals surface area contributed by atoms with E-state index in [9.17, 15) is 0 Å². The fourth-order valence-electron chi connectivity index (χ4n) is 1.45. The molecule has 1 aromatic rings. The quantitative estimate of drug-likeness (QED) is 0.814. The topological polar surface area (TPSA) is 21.3 Å². The Morgan fingerprint density at radius 2 is 2.00 bits per heavy atom. The fraction of sp³-hybridized carbons (Fsp3) is 0.400. The Kier molecular flexibility index (Phi) is 4.42. The van der Waals surface area contributed by atoms with E-state index in [1.807, 2.05) is 18.2 Å². The van der Waals surface area contributed by atoms with Crippen LogP contribution >= 0.6 is 17.0 Å². The predicted molar refractivity (Wildman–Crippen MR) is 58.3 cm³/mol. The highest BCUT2D eigenvalue weighted by atomic mass is 79.9. The third kappa shape index (κ3) is 2.79. The summed E-state index contributed by atoms with van der Waals surface area (Å²) >= 11 is 0. The van der Waals surface area contributed by atoms with Gasteiger partial charge in [-0.25, -0.2) is 0 Å². The molecule has 0 aromatic heterocycles. The van der Waals surface area contributed by atoms with Gasteiger partial charge in [-0.1, -0.05) is 30.3 Å². The Morgan fingerprint density at radius 3 is 2.62 bits per heavy atom. The van der Waals surface area contributed by atoms with Crippen molar-refractivity contribution in [3.8, 4) is 0 Å². The van der Waals surface area contributed by atoms with Crippen LogP contribution in [-0.2, 0) is 4.74 Å². The minimum atomic E-state index is 0. The van der Waals surface area contributed by atoms with Crippen LogP contribution in [0, 0.1) is 0 Å². The molecule has 13 heavy (non-hydrogen) atoms. The van der Waals surface area contributed by atoms with Crippen molar-refractivity contribution < 1.29 is 4.74 Å². The molecule has 1 atom stereocenters. The maximum absolute atomic E-state index is 5.60. The summed E-state index contributed by atoms with van der Waals surface area (Å²) in [5.41, 5.74) is 1.27. The maximum atomic E-state index is 5.60. The highest BCUT2D eigenvalue weighted by molar-refractivity contribution is 8.93. The lowest BCUT2D eigenvalue weighted by Gasteiger charge is -2.23. The summed E-state index contributed by atoms with van der Waals surface area (Å²) in [5, 5.41) is 3.31. The Labute approximate surface area is 89.1 Å². The van der Waals surface area contributed by atoms with Gasteiger partial charge < -0.3 is 10.1 Å². The molecule has 0 spiro atoms. The van der Waals surface area contributed by atoms with Crippen molar-refractivity contribution in [1.82, 2.24) is 5.32 Å². The molecule has 1 aromatic carbocycles. The van der Waals surface area contributed by atoms with Crippen LogP contribution in [0.15, 0.2) is 30.3 Å². The first-order valence-corrected chi connectivity index (χ1v) is 4.34. The molecule has 0 saturated carbocycles. The van der Waals surface area contributed by atoms with Crippen molar-refractivity contribution in [2.75, 3.05) is 19.7 Å². The number of rotatable bonds is 1. The van der Waals surface area contributed by atoms with Crippen molar-refractivity contribution in [3.05, 3.63) is 35.9 Å². The molecule has 1 N–H and O–H groups in total. The normalized spacial score (nSPS) is 22.0. The van der Waals surface area contributed by atoms with Crippen LogP contribution < -0.4 is 5.32 Å². The molecular formula is C10H14BrNO. The van der Waals surface area contributed by atoms with Crippen LogP contribution in [0.3, 0.4) is 0 Å². The van der Waals surface area contributed by atoms with Gasteiger partial charge in [0, 0.05) is 13.1 Å². The van der Waals surface area contributed by atoms with E-state index in [1.165, 1.54) is 5.56 Å². The van der Waals surface area contributed by atoms with Crippen LogP contribution in [0.5, 0.6) is 0 Å². The summed E-state index contributed by atoms with van der Waals surface area (Å²) in [6.07, 6.45) is 0.250. The summed E-state index contributed by atoms with van der Waals surface area (Å²) in [4.78, 5) is 0. The third-order valence-electron chi connectivity index (χ3n) is 2.10. The molecular weight excluding hydrogens is 230 g/mol. The highest BCUT2D eigenvalue weighted by Crippen LogP contribution is 2.17.